The molecule has 1 amide bonds. The van der Waals surface area contributed by atoms with E-state index in [1.54, 1.807) is 14.2 Å². The lowest BCUT2D eigenvalue weighted by Crippen LogP contribution is -2.25. The lowest BCUT2D eigenvalue weighted by molar-refractivity contribution is -0.120. The van der Waals surface area contributed by atoms with Gasteiger partial charge in [0.1, 0.15) is 5.69 Å². The van der Waals surface area contributed by atoms with Crippen LogP contribution in [0.5, 0.6) is 11.5 Å². The van der Waals surface area contributed by atoms with Crippen LogP contribution in [0, 0.1) is 12.8 Å². The average Bonchev–Trinajstić information content (AvgIpc) is 3.02. The molecule has 0 radical (unpaired) electrons. The average molecular weight is 343 g/mol. The first-order valence-corrected chi connectivity index (χ1v) is 8.72. The Hall–Kier alpha value is -2.50. The quantitative estimate of drug-likeness (QED) is 0.863. The fraction of sp³-hybridized carbons (Fsp3) is 0.474. The van der Waals surface area contributed by atoms with Crippen LogP contribution >= 0.6 is 0 Å². The van der Waals surface area contributed by atoms with Gasteiger partial charge in [-0.25, -0.2) is 0 Å². The predicted molar refractivity (Wildman–Crippen MR) is 97.1 cm³/mol. The number of aromatic amines is 1. The van der Waals surface area contributed by atoms with Crippen molar-refractivity contribution < 1.29 is 14.3 Å². The molecule has 0 saturated heterocycles. The molecule has 3 rings (SSSR count). The van der Waals surface area contributed by atoms with Crippen molar-refractivity contribution in [2.75, 3.05) is 19.5 Å². The summed E-state index contributed by atoms with van der Waals surface area (Å²) in [4.78, 5) is 12.6. The third-order valence-electron chi connectivity index (χ3n) is 4.83. The molecule has 2 aromatic rings. The number of hydrogen-bond acceptors (Lipinski definition) is 4. The molecule has 1 fully saturated rings. The SMILES string of the molecule is COc1ccc(-c2n[nH]c(C)c2NC(=O)C2CCCCC2)cc1OC. The lowest BCUT2D eigenvalue weighted by Gasteiger charge is -2.21. The Kier molecular flexibility index (Phi) is 5.26. The number of carbonyl (C=O) groups is 1. The number of aromatic nitrogens is 2. The van der Waals surface area contributed by atoms with E-state index in [0.717, 1.165) is 42.6 Å². The zero-order valence-electron chi connectivity index (χ0n) is 15.0. The maximum Gasteiger partial charge on any atom is 0.227 e. The van der Waals surface area contributed by atoms with Gasteiger partial charge in [-0.1, -0.05) is 19.3 Å². The smallest absolute Gasteiger partial charge is 0.227 e. The van der Waals surface area contributed by atoms with Crippen molar-refractivity contribution in [1.82, 2.24) is 10.2 Å². The van der Waals surface area contributed by atoms with Crippen LogP contribution in [0.15, 0.2) is 18.2 Å². The molecule has 0 spiro atoms. The minimum Gasteiger partial charge on any atom is -0.493 e. The van der Waals surface area contributed by atoms with E-state index in [2.05, 4.69) is 15.5 Å². The first-order valence-electron chi connectivity index (χ1n) is 8.72. The fourth-order valence-electron chi connectivity index (χ4n) is 3.36. The van der Waals surface area contributed by atoms with Gasteiger partial charge in [-0.15, -0.1) is 0 Å². The molecule has 0 aliphatic heterocycles. The summed E-state index contributed by atoms with van der Waals surface area (Å²) >= 11 is 0. The van der Waals surface area contributed by atoms with Gasteiger partial charge < -0.3 is 14.8 Å². The topological polar surface area (TPSA) is 76.2 Å². The number of carbonyl (C=O) groups excluding carboxylic acids is 1. The summed E-state index contributed by atoms with van der Waals surface area (Å²) < 4.78 is 10.7. The monoisotopic (exact) mass is 343 g/mol. The largest absolute Gasteiger partial charge is 0.493 e. The normalized spacial score (nSPS) is 15.0. The Morgan fingerprint density at radius 1 is 1.16 bits per heavy atom. The van der Waals surface area contributed by atoms with Gasteiger partial charge in [0.05, 0.1) is 25.6 Å². The second-order valence-electron chi connectivity index (χ2n) is 6.47. The van der Waals surface area contributed by atoms with Gasteiger partial charge in [0, 0.05) is 11.5 Å². The first kappa shape index (κ1) is 17.3. The zero-order chi connectivity index (χ0) is 17.8. The Morgan fingerprint density at radius 3 is 2.56 bits per heavy atom. The number of nitrogens with one attached hydrogen (secondary N) is 2. The van der Waals surface area contributed by atoms with Crippen molar-refractivity contribution in [3.8, 4) is 22.8 Å². The van der Waals surface area contributed by atoms with Crippen molar-refractivity contribution in [1.29, 1.82) is 0 Å². The highest BCUT2D eigenvalue weighted by molar-refractivity contribution is 5.97. The highest BCUT2D eigenvalue weighted by Gasteiger charge is 2.24. The van der Waals surface area contributed by atoms with Crippen LogP contribution in [0.2, 0.25) is 0 Å². The van der Waals surface area contributed by atoms with Gasteiger partial charge in [0.2, 0.25) is 5.91 Å². The summed E-state index contributed by atoms with van der Waals surface area (Å²) in [6.45, 7) is 1.91. The Labute approximate surface area is 147 Å². The number of ether oxygens (including phenoxy) is 2. The van der Waals surface area contributed by atoms with Crippen molar-refractivity contribution in [2.45, 2.75) is 39.0 Å². The van der Waals surface area contributed by atoms with E-state index in [9.17, 15) is 4.79 Å². The van der Waals surface area contributed by atoms with Crippen LogP contribution in [0.25, 0.3) is 11.3 Å². The molecule has 2 N–H and O–H groups in total. The number of anilines is 1. The van der Waals surface area contributed by atoms with Gasteiger partial charge in [0.15, 0.2) is 11.5 Å². The fourth-order valence-corrected chi connectivity index (χ4v) is 3.36. The summed E-state index contributed by atoms with van der Waals surface area (Å²) in [7, 11) is 3.20. The molecule has 1 aliphatic carbocycles. The van der Waals surface area contributed by atoms with Crippen molar-refractivity contribution in [2.24, 2.45) is 5.92 Å². The standard InChI is InChI=1S/C19H25N3O3/c1-12-17(20-19(23)13-7-5-4-6-8-13)18(22-21-12)14-9-10-15(24-2)16(11-14)25-3/h9-11,13H,4-8H2,1-3H3,(H,20,23)(H,21,22). The molecule has 0 unspecified atom stereocenters. The molecule has 1 saturated carbocycles. The lowest BCUT2D eigenvalue weighted by atomic mass is 9.88. The molecule has 1 aromatic carbocycles. The van der Waals surface area contributed by atoms with Crippen LogP contribution in [-0.4, -0.2) is 30.3 Å². The van der Waals surface area contributed by atoms with E-state index in [-0.39, 0.29) is 11.8 Å². The van der Waals surface area contributed by atoms with E-state index in [1.807, 2.05) is 25.1 Å². The molecule has 6 heteroatoms. The van der Waals surface area contributed by atoms with E-state index in [1.165, 1.54) is 6.42 Å². The summed E-state index contributed by atoms with van der Waals surface area (Å²) in [6, 6.07) is 5.61. The molecule has 1 heterocycles. The Morgan fingerprint density at radius 2 is 1.88 bits per heavy atom. The van der Waals surface area contributed by atoms with E-state index < -0.39 is 0 Å². The molecule has 134 valence electrons. The number of hydrogen-bond donors (Lipinski definition) is 2. The molecule has 0 atom stereocenters. The zero-order valence-corrected chi connectivity index (χ0v) is 15.0. The highest BCUT2D eigenvalue weighted by Crippen LogP contribution is 2.36. The summed E-state index contributed by atoms with van der Waals surface area (Å²) in [5, 5.41) is 10.4. The summed E-state index contributed by atoms with van der Waals surface area (Å²) in [5.74, 6) is 1.48. The number of benzene rings is 1. The highest BCUT2D eigenvalue weighted by atomic mass is 16.5. The van der Waals surface area contributed by atoms with Gasteiger partial charge in [-0.05, 0) is 38.0 Å². The van der Waals surface area contributed by atoms with Crippen LogP contribution in [0.1, 0.15) is 37.8 Å². The molecule has 25 heavy (non-hydrogen) atoms. The van der Waals surface area contributed by atoms with Crippen LogP contribution in [0.3, 0.4) is 0 Å². The third-order valence-corrected chi connectivity index (χ3v) is 4.83. The van der Waals surface area contributed by atoms with Gasteiger partial charge in [-0.3, -0.25) is 9.89 Å². The number of methoxy groups -OCH3 is 2. The van der Waals surface area contributed by atoms with E-state index in [0.29, 0.717) is 17.2 Å². The number of rotatable bonds is 5. The minimum atomic E-state index is 0.0888. The molecular weight excluding hydrogens is 318 g/mol. The number of amides is 1. The van der Waals surface area contributed by atoms with Gasteiger partial charge >= 0.3 is 0 Å². The van der Waals surface area contributed by atoms with Crippen LogP contribution < -0.4 is 14.8 Å². The van der Waals surface area contributed by atoms with Crippen LogP contribution in [-0.2, 0) is 4.79 Å². The molecular formula is C19H25N3O3. The van der Waals surface area contributed by atoms with Crippen LogP contribution in [0.4, 0.5) is 5.69 Å². The third kappa shape index (κ3) is 3.62. The predicted octanol–water partition coefficient (Wildman–Crippen LogP) is 3.92. The van der Waals surface area contributed by atoms with Crippen molar-refractivity contribution >= 4 is 11.6 Å². The number of H-pyrrole nitrogens is 1. The minimum absolute atomic E-state index is 0.0888. The second kappa shape index (κ2) is 7.59. The Bertz CT molecular complexity index is 748. The van der Waals surface area contributed by atoms with E-state index in [4.69, 9.17) is 9.47 Å². The maximum atomic E-state index is 12.6. The second-order valence-corrected chi connectivity index (χ2v) is 6.47. The van der Waals surface area contributed by atoms with Gasteiger partial charge in [-0.2, -0.15) is 5.10 Å². The van der Waals surface area contributed by atoms with E-state index >= 15 is 0 Å². The molecule has 1 aliphatic rings. The summed E-state index contributed by atoms with van der Waals surface area (Å²) in [6.07, 6.45) is 5.42. The molecule has 0 bridgehead atoms. The van der Waals surface area contributed by atoms with Crippen molar-refractivity contribution in [3.05, 3.63) is 23.9 Å². The summed E-state index contributed by atoms with van der Waals surface area (Å²) in [5.41, 5.74) is 3.15. The molecule has 6 nitrogen and oxygen atoms in total. The van der Waals surface area contributed by atoms with Crippen molar-refractivity contribution in [3.63, 3.8) is 0 Å². The maximum absolute atomic E-state index is 12.6. The Balaban J connectivity index is 1.87. The number of nitrogens with zero attached hydrogens (tertiary/aromatic N) is 1. The van der Waals surface area contributed by atoms with Gasteiger partial charge in [0.25, 0.3) is 0 Å². The molecule has 1 aromatic heterocycles. The first-order chi connectivity index (χ1) is 12.1. The number of aryl methyl sites for hydroxylation is 1.